The summed E-state index contributed by atoms with van der Waals surface area (Å²) in [4.78, 5) is 14.8. The third-order valence-electron chi connectivity index (χ3n) is 4.77. The lowest BCUT2D eigenvalue weighted by Crippen LogP contribution is -2.30. The Morgan fingerprint density at radius 2 is 1.79 bits per heavy atom. The van der Waals surface area contributed by atoms with E-state index >= 15 is 0 Å². The number of anilines is 1. The number of aromatic nitrogens is 2. The minimum Gasteiger partial charge on any atom is -0.405 e. The molecule has 1 amide bonds. The average molecular weight is 397 g/mol. The van der Waals surface area contributed by atoms with Gasteiger partial charge in [-0.05, 0) is 36.1 Å². The molecule has 7 heteroatoms. The predicted octanol–water partition coefficient (Wildman–Crippen LogP) is 3.77. The zero-order valence-corrected chi connectivity index (χ0v) is 16.1. The summed E-state index contributed by atoms with van der Waals surface area (Å²) in [6.45, 7) is 1.83. The number of hydrogen-bond donors (Lipinski definition) is 1. The largest absolute Gasteiger partial charge is 0.405 e. The molecular weight excluding hydrogens is 376 g/mol. The van der Waals surface area contributed by atoms with Gasteiger partial charge in [-0.2, -0.15) is 0 Å². The molecule has 2 heterocycles. The zero-order chi connectivity index (χ0) is 19.3. The first-order chi connectivity index (χ1) is 13.7. The zero-order valence-electron chi connectivity index (χ0n) is 15.3. The van der Waals surface area contributed by atoms with E-state index in [4.69, 9.17) is 16.0 Å². The van der Waals surface area contributed by atoms with Gasteiger partial charge in [-0.25, -0.2) is 0 Å². The molecule has 6 nitrogen and oxygen atoms in total. The molecule has 1 aliphatic rings. The summed E-state index contributed by atoms with van der Waals surface area (Å²) in [5.74, 6) is 0.259. The van der Waals surface area contributed by atoms with E-state index in [0.717, 1.165) is 37.1 Å². The summed E-state index contributed by atoms with van der Waals surface area (Å²) in [7, 11) is 0. The molecule has 0 radical (unpaired) electrons. The molecule has 144 valence electrons. The molecule has 0 unspecified atom stereocenters. The van der Waals surface area contributed by atoms with Gasteiger partial charge in [-0.1, -0.05) is 59.2 Å². The third kappa shape index (κ3) is 4.34. The van der Waals surface area contributed by atoms with Crippen molar-refractivity contribution in [2.75, 3.05) is 18.0 Å². The van der Waals surface area contributed by atoms with Crippen LogP contribution in [0.4, 0.5) is 6.01 Å². The van der Waals surface area contributed by atoms with Gasteiger partial charge in [-0.15, -0.1) is 5.10 Å². The molecule has 0 saturated carbocycles. The number of amides is 1. The smallest absolute Gasteiger partial charge is 0.318 e. The molecule has 1 aliphatic heterocycles. The van der Waals surface area contributed by atoms with Crippen molar-refractivity contribution in [3.8, 4) is 0 Å². The molecule has 1 atom stereocenters. The number of nitrogens with one attached hydrogen (secondary N) is 1. The van der Waals surface area contributed by atoms with Gasteiger partial charge in [0.05, 0.1) is 6.42 Å². The molecule has 0 aliphatic carbocycles. The van der Waals surface area contributed by atoms with Crippen molar-refractivity contribution in [1.29, 1.82) is 0 Å². The second-order valence-electron chi connectivity index (χ2n) is 6.83. The highest BCUT2D eigenvalue weighted by molar-refractivity contribution is 6.30. The van der Waals surface area contributed by atoms with Gasteiger partial charge < -0.3 is 14.6 Å². The molecule has 3 aromatic rings. The molecule has 1 N–H and O–H groups in total. The van der Waals surface area contributed by atoms with E-state index in [1.54, 1.807) is 12.1 Å². The summed E-state index contributed by atoms with van der Waals surface area (Å²) in [6, 6.07) is 16.9. The minimum atomic E-state index is -0.496. The van der Waals surface area contributed by atoms with Crippen molar-refractivity contribution in [3.05, 3.63) is 76.6 Å². The molecule has 0 bridgehead atoms. The standard InChI is InChI=1S/C21H21ClN4O2/c22-17-10-8-15(9-11-17)14-18(27)23-19(16-6-2-1-3-7-16)20-24-25-21(28-20)26-12-4-5-13-26/h1-3,6-11,19H,4-5,12-14H2,(H,23,27)/t19-/m0/s1. The van der Waals surface area contributed by atoms with Gasteiger partial charge in [0.1, 0.15) is 6.04 Å². The van der Waals surface area contributed by atoms with Crippen LogP contribution >= 0.6 is 11.6 Å². The van der Waals surface area contributed by atoms with Crippen molar-refractivity contribution in [2.45, 2.75) is 25.3 Å². The Labute approximate surface area is 168 Å². The van der Waals surface area contributed by atoms with Gasteiger partial charge in [0.25, 0.3) is 0 Å². The van der Waals surface area contributed by atoms with E-state index < -0.39 is 6.04 Å². The Balaban J connectivity index is 1.54. The lowest BCUT2D eigenvalue weighted by molar-refractivity contribution is -0.121. The van der Waals surface area contributed by atoms with Crippen LogP contribution in [0.2, 0.25) is 5.02 Å². The van der Waals surface area contributed by atoms with Gasteiger partial charge >= 0.3 is 6.01 Å². The molecule has 1 fully saturated rings. The predicted molar refractivity (Wildman–Crippen MR) is 107 cm³/mol. The van der Waals surface area contributed by atoms with E-state index in [1.165, 1.54) is 0 Å². The van der Waals surface area contributed by atoms with Crippen LogP contribution < -0.4 is 10.2 Å². The average Bonchev–Trinajstić information content (AvgIpc) is 3.40. The minimum absolute atomic E-state index is 0.128. The van der Waals surface area contributed by atoms with Crippen LogP contribution in [0, 0.1) is 0 Å². The Morgan fingerprint density at radius 3 is 2.50 bits per heavy atom. The number of carbonyl (C=O) groups excluding carboxylic acids is 1. The van der Waals surface area contributed by atoms with Crippen LogP contribution in [0.1, 0.15) is 35.9 Å². The molecule has 1 aromatic heterocycles. The Bertz CT molecular complexity index is 921. The highest BCUT2D eigenvalue weighted by Gasteiger charge is 2.25. The van der Waals surface area contributed by atoms with E-state index in [0.29, 0.717) is 16.9 Å². The van der Waals surface area contributed by atoms with Crippen LogP contribution in [0.25, 0.3) is 0 Å². The number of carbonyl (C=O) groups is 1. The SMILES string of the molecule is O=C(Cc1ccc(Cl)cc1)N[C@@H](c1ccccc1)c1nnc(N2CCCC2)o1. The topological polar surface area (TPSA) is 71.3 Å². The molecular formula is C21H21ClN4O2. The first-order valence-electron chi connectivity index (χ1n) is 9.36. The quantitative estimate of drug-likeness (QED) is 0.686. The number of nitrogens with zero attached hydrogens (tertiary/aromatic N) is 3. The molecule has 28 heavy (non-hydrogen) atoms. The molecule has 4 rings (SSSR count). The van der Waals surface area contributed by atoms with Crippen LogP contribution in [0.15, 0.2) is 59.0 Å². The van der Waals surface area contributed by atoms with Crippen molar-refractivity contribution in [2.24, 2.45) is 0 Å². The van der Waals surface area contributed by atoms with Crippen molar-refractivity contribution < 1.29 is 9.21 Å². The maximum atomic E-state index is 12.7. The lowest BCUT2D eigenvalue weighted by atomic mass is 10.1. The van der Waals surface area contributed by atoms with E-state index in [2.05, 4.69) is 20.4 Å². The van der Waals surface area contributed by atoms with Crippen LogP contribution in [0.5, 0.6) is 0 Å². The van der Waals surface area contributed by atoms with E-state index in [-0.39, 0.29) is 12.3 Å². The molecule has 0 spiro atoms. The second-order valence-corrected chi connectivity index (χ2v) is 7.27. The summed E-state index contributed by atoms with van der Waals surface area (Å²) in [5.41, 5.74) is 1.78. The van der Waals surface area contributed by atoms with Gasteiger partial charge in [-0.3, -0.25) is 4.79 Å². The van der Waals surface area contributed by atoms with Crippen molar-refractivity contribution in [1.82, 2.24) is 15.5 Å². The number of hydrogen-bond acceptors (Lipinski definition) is 5. The Hall–Kier alpha value is -2.86. The summed E-state index contributed by atoms with van der Waals surface area (Å²) >= 11 is 5.92. The van der Waals surface area contributed by atoms with Gasteiger partial charge in [0.2, 0.25) is 11.8 Å². The summed E-state index contributed by atoms with van der Waals surface area (Å²) in [5, 5.41) is 12.1. The van der Waals surface area contributed by atoms with E-state index in [9.17, 15) is 4.79 Å². The fourth-order valence-electron chi connectivity index (χ4n) is 3.31. The molecule has 1 saturated heterocycles. The number of halogens is 1. The first kappa shape index (κ1) is 18.5. The molecule has 2 aromatic carbocycles. The van der Waals surface area contributed by atoms with Crippen molar-refractivity contribution in [3.63, 3.8) is 0 Å². The Kier molecular flexibility index (Phi) is 5.58. The van der Waals surface area contributed by atoms with Crippen LogP contribution in [0.3, 0.4) is 0 Å². The van der Waals surface area contributed by atoms with Crippen LogP contribution in [-0.2, 0) is 11.2 Å². The van der Waals surface area contributed by atoms with Crippen LogP contribution in [-0.4, -0.2) is 29.2 Å². The van der Waals surface area contributed by atoms with E-state index in [1.807, 2.05) is 42.5 Å². The summed E-state index contributed by atoms with van der Waals surface area (Å²) < 4.78 is 5.92. The number of rotatable bonds is 6. The number of benzene rings is 2. The first-order valence-corrected chi connectivity index (χ1v) is 9.74. The third-order valence-corrected chi connectivity index (χ3v) is 5.02. The lowest BCUT2D eigenvalue weighted by Gasteiger charge is -2.16. The second kappa shape index (κ2) is 8.44. The van der Waals surface area contributed by atoms with Gasteiger partial charge in [0.15, 0.2) is 0 Å². The summed E-state index contributed by atoms with van der Waals surface area (Å²) in [6.07, 6.45) is 2.49. The fraction of sp³-hybridized carbons (Fsp3) is 0.286. The monoisotopic (exact) mass is 396 g/mol. The Morgan fingerprint density at radius 1 is 1.07 bits per heavy atom. The highest BCUT2D eigenvalue weighted by Crippen LogP contribution is 2.25. The van der Waals surface area contributed by atoms with Gasteiger partial charge in [0, 0.05) is 18.1 Å². The maximum Gasteiger partial charge on any atom is 0.318 e. The highest BCUT2D eigenvalue weighted by atomic mass is 35.5. The normalized spacial score (nSPS) is 14.8. The van der Waals surface area contributed by atoms with Crippen molar-refractivity contribution >= 4 is 23.5 Å². The fourth-order valence-corrected chi connectivity index (χ4v) is 3.44. The maximum absolute atomic E-state index is 12.7.